The van der Waals surface area contributed by atoms with E-state index in [2.05, 4.69) is 10.4 Å². The molecule has 1 fully saturated rings. The van der Waals surface area contributed by atoms with Crippen LogP contribution < -0.4 is 14.8 Å². The van der Waals surface area contributed by atoms with Crippen molar-refractivity contribution in [2.24, 2.45) is 5.92 Å². The van der Waals surface area contributed by atoms with E-state index in [1.54, 1.807) is 10.9 Å². The highest BCUT2D eigenvalue weighted by molar-refractivity contribution is 5.92. The Morgan fingerprint density at radius 1 is 1.24 bits per heavy atom. The van der Waals surface area contributed by atoms with Crippen molar-refractivity contribution in [3.05, 3.63) is 36.7 Å². The number of para-hydroxylation sites is 2. The fourth-order valence-electron chi connectivity index (χ4n) is 3.09. The molecule has 2 aliphatic heterocycles. The fourth-order valence-corrected chi connectivity index (χ4v) is 3.09. The van der Waals surface area contributed by atoms with Crippen molar-refractivity contribution in [2.45, 2.75) is 25.5 Å². The number of benzene rings is 1. The number of nitrogens with zero attached hydrogens (tertiary/aromatic N) is 2. The SMILES string of the molecule is O=C(Nc1cnn(CC2COc3ccccc3O2)c1)C1CCOCC1. The maximum Gasteiger partial charge on any atom is 0.227 e. The largest absolute Gasteiger partial charge is 0.486 e. The van der Waals surface area contributed by atoms with Crippen molar-refractivity contribution in [2.75, 3.05) is 25.1 Å². The van der Waals surface area contributed by atoms with Crippen molar-refractivity contribution in [3.8, 4) is 11.5 Å². The van der Waals surface area contributed by atoms with Crippen molar-refractivity contribution >= 4 is 11.6 Å². The number of carbonyl (C=O) groups is 1. The van der Waals surface area contributed by atoms with Crippen LogP contribution in [0.25, 0.3) is 0 Å². The number of nitrogens with one attached hydrogen (secondary N) is 1. The van der Waals surface area contributed by atoms with Gasteiger partial charge < -0.3 is 19.5 Å². The van der Waals surface area contributed by atoms with Crippen LogP contribution in [0.2, 0.25) is 0 Å². The molecule has 2 aliphatic rings. The van der Waals surface area contributed by atoms with E-state index < -0.39 is 0 Å². The van der Waals surface area contributed by atoms with Crippen molar-refractivity contribution in [1.29, 1.82) is 0 Å². The minimum absolute atomic E-state index is 0.0173. The van der Waals surface area contributed by atoms with Crippen LogP contribution in [0.4, 0.5) is 5.69 Å². The Hall–Kier alpha value is -2.54. The predicted molar refractivity (Wildman–Crippen MR) is 90.8 cm³/mol. The molecule has 2 aromatic rings. The van der Waals surface area contributed by atoms with E-state index in [0.717, 1.165) is 24.3 Å². The predicted octanol–water partition coefficient (Wildman–Crippen LogP) is 2.09. The zero-order chi connectivity index (χ0) is 17.1. The number of fused-ring (bicyclic) bond motifs is 1. The molecule has 1 saturated heterocycles. The number of anilines is 1. The lowest BCUT2D eigenvalue weighted by atomic mass is 9.99. The molecule has 7 nitrogen and oxygen atoms in total. The maximum absolute atomic E-state index is 12.3. The minimum atomic E-state index is -0.117. The maximum atomic E-state index is 12.3. The molecular weight excluding hydrogens is 322 g/mol. The van der Waals surface area contributed by atoms with Gasteiger partial charge in [-0.3, -0.25) is 9.48 Å². The van der Waals surface area contributed by atoms with Gasteiger partial charge in [0.1, 0.15) is 6.61 Å². The summed E-state index contributed by atoms with van der Waals surface area (Å²) < 4.78 is 18.7. The first kappa shape index (κ1) is 16.0. The first-order valence-electron chi connectivity index (χ1n) is 8.57. The molecule has 1 aromatic heterocycles. The molecule has 1 atom stereocenters. The van der Waals surface area contributed by atoms with Gasteiger partial charge in [0, 0.05) is 25.3 Å². The number of hydrogen-bond donors (Lipinski definition) is 1. The summed E-state index contributed by atoms with van der Waals surface area (Å²) in [6, 6.07) is 7.62. The highest BCUT2D eigenvalue weighted by Crippen LogP contribution is 2.31. The molecule has 25 heavy (non-hydrogen) atoms. The molecule has 1 N–H and O–H groups in total. The summed E-state index contributed by atoms with van der Waals surface area (Å²) in [5.74, 6) is 1.57. The number of aromatic nitrogens is 2. The molecule has 0 bridgehead atoms. The summed E-state index contributed by atoms with van der Waals surface area (Å²) in [6.45, 7) is 2.33. The number of carbonyl (C=O) groups excluding carboxylic acids is 1. The van der Waals surface area contributed by atoms with Gasteiger partial charge in [-0.15, -0.1) is 0 Å². The van der Waals surface area contributed by atoms with Gasteiger partial charge in [0.25, 0.3) is 0 Å². The second-order valence-electron chi connectivity index (χ2n) is 6.32. The van der Waals surface area contributed by atoms with E-state index in [1.807, 2.05) is 30.5 Å². The monoisotopic (exact) mass is 343 g/mol. The number of ether oxygens (including phenoxy) is 3. The van der Waals surface area contributed by atoms with Crippen LogP contribution in [0.15, 0.2) is 36.7 Å². The molecular formula is C18H21N3O4. The molecule has 132 valence electrons. The third kappa shape index (κ3) is 3.76. The zero-order valence-corrected chi connectivity index (χ0v) is 13.9. The highest BCUT2D eigenvalue weighted by Gasteiger charge is 2.23. The van der Waals surface area contributed by atoms with Crippen LogP contribution in [0, 0.1) is 5.92 Å². The van der Waals surface area contributed by atoms with Gasteiger partial charge in [-0.2, -0.15) is 5.10 Å². The Labute approximate surface area is 145 Å². The molecule has 0 spiro atoms. The molecule has 0 saturated carbocycles. The van der Waals surface area contributed by atoms with E-state index in [4.69, 9.17) is 14.2 Å². The second kappa shape index (κ2) is 7.14. The number of hydrogen-bond acceptors (Lipinski definition) is 5. The summed E-state index contributed by atoms with van der Waals surface area (Å²) in [7, 11) is 0. The summed E-state index contributed by atoms with van der Waals surface area (Å²) >= 11 is 0. The number of amides is 1. The molecule has 1 aromatic carbocycles. The Balaban J connectivity index is 1.33. The molecule has 0 radical (unpaired) electrons. The van der Waals surface area contributed by atoms with Crippen LogP contribution >= 0.6 is 0 Å². The smallest absolute Gasteiger partial charge is 0.227 e. The van der Waals surface area contributed by atoms with Crippen molar-refractivity contribution in [1.82, 2.24) is 9.78 Å². The van der Waals surface area contributed by atoms with Crippen LogP contribution in [0.1, 0.15) is 12.8 Å². The quantitative estimate of drug-likeness (QED) is 0.920. The second-order valence-corrected chi connectivity index (χ2v) is 6.32. The third-order valence-electron chi connectivity index (χ3n) is 4.45. The molecule has 7 heteroatoms. The Morgan fingerprint density at radius 3 is 2.88 bits per heavy atom. The normalized spacial score (nSPS) is 20.2. The molecule has 1 amide bonds. The Kier molecular flexibility index (Phi) is 4.56. The summed E-state index contributed by atoms with van der Waals surface area (Å²) in [6.07, 6.45) is 4.91. The van der Waals surface area contributed by atoms with Crippen LogP contribution in [-0.2, 0) is 16.1 Å². The minimum Gasteiger partial charge on any atom is -0.486 e. The van der Waals surface area contributed by atoms with Crippen molar-refractivity contribution < 1.29 is 19.0 Å². The van der Waals surface area contributed by atoms with Crippen LogP contribution in [-0.4, -0.2) is 41.6 Å². The summed E-state index contributed by atoms with van der Waals surface area (Å²) in [5.41, 5.74) is 0.702. The average Bonchev–Trinajstić information content (AvgIpc) is 3.09. The van der Waals surface area contributed by atoms with Gasteiger partial charge in [0.2, 0.25) is 5.91 Å². The Morgan fingerprint density at radius 2 is 2.04 bits per heavy atom. The van der Waals surface area contributed by atoms with Gasteiger partial charge in [-0.05, 0) is 25.0 Å². The Bertz CT molecular complexity index is 739. The van der Waals surface area contributed by atoms with Gasteiger partial charge >= 0.3 is 0 Å². The highest BCUT2D eigenvalue weighted by atomic mass is 16.6. The lowest BCUT2D eigenvalue weighted by molar-refractivity contribution is -0.122. The average molecular weight is 343 g/mol. The van der Waals surface area contributed by atoms with E-state index in [9.17, 15) is 4.79 Å². The first-order valence-corrected chi connectivity index (χ1v) is 8.57. The fraction of sp³-hybridized carbons (Fsp3) is 0.444. The van der Waals surface area contributed by atoms with Crippen LogP contribution in [0.5, 0.6) is 11.5 Å². The van der Waals surface area contributed by atoms with Crippen molar-refractivity contribution in [3.63, 3.8) is 0 Å². The lowest BCUT2D eigenvalue weighted by Crippen LogP contribution is -2.33. The topological polar surface area (TPSA) is 74.6 Å². The molecule has 0 aliphatic carbocycles. The number of rotatable bonds is 4. The van der Waals surface area contributed by atoms with Gasteiger partial charge in [-0.25, -0.2) is 0 Å². The summed E-state index contributed by atoms with van der Waals surface area (Å²) in [4.78, 5) is 12.3. The van der Waals surface area contributed by atoms with Gasteiger partial charge in [0.15, 0.2) is 17.6 Å². The molecule has 1 unspecified atom stereocenters. The first-order chi connectivity index (χ1) is 12.3. The molecule has 4 rings (SSSR count). The van der Waals surface area contributed by atoms with Gasteiger partial charge in [0.05, 0.1) is 18.4 Å². The standard InChI is InChI=1S/C18H21N3O4/c22-18(13-5-7-23-8-6-13)20-14-9-19-21(10-14)11-15-12-24-16-3-1-2-4-17(16)25-15/h1-4,9-10,13,15H,5-8,11-12H2,(H,20,22). The summed E-state index contributed by atoms with van der Waals surface area (Å²) in [5, 5.41) is 7.24. The van der Waals surface area contributed by atoms with E-state index in [-0.39, 0.29) is 17.9 Å². The van der Waals surface area contributed by atoms with Crippen LogP contribution in [0.3, 0.4) is 0 Å². The van der Waals surface area contributed by atoms with E-state index in [0.29, 0.717) is 32.1 Å². The zero-order valence-electron chi connectivity index (χ0n) is 13.9. The lowest BCUT2D eigenvalue weighted by Gasteiger charge is -2.26. The third-order valence-corrected chi connectivity index (χ3v) is 4.45. The van der Waals surface area contributed by atoms with E-state index in [1.165, 1.54) is 0 Å². The van der Waals surface area contributed by atoms with E-state index >= 15 is 0 Å². The van der Waals surface area contributed by atoms with Gasteiger partial charge in [-0.1, -0.05) is 12.1 Å². The molecule has 3 heterocycles.